The number of hydrogen-bond acceptors (Lipinski definition) is 6. The number of aromatic nitrogens is 2. The van der Waals surface area contributed by atoms with Gasteiger partial charge in [-0.05, 0) is 43.4 Å². The summed E-state index contributed by atoms with van der Waals surface area (Å²) in [6, 6.07) is 14.9. The third-order valence-corrected chi connectivity index (χ3v) is 7.22. The van der Waals surface area contributed by atoms with Crippen molar-refractivity contribution in [2.45, 2.75) is 38.3 Å². The first-order valence-corrected chi connectivity index (χ1v) is 12.4. The molecule has 0 unspecified atom stereocenters. The molecular weight excluding hydrogens is 418 g/mol. The molecule has 0 aliphatic carbocycles. The zero-order valence-electron chi connectivity index (χ0n) is 18.2. The van der Waals surface area contributed by atoms with Crippen LogP contribution in [0.15, 0.2) is 54.0 Å². The summed E-state index contributed by atoms with van der Waals surface area (Å²) in [6.07, 6.45) is 6.28. The molecule has 5 rings (SSSR count). The molecule has 7 heteroatoms. The minimum absolute atomic E-state index is 0.0735. The third-order valence-electron chi connectivity index (χ3n) is 6.33. The van der Waals surface area contributed by atoms with Gasteiger partial charge < -0.3 is 10.2 Å². The molecule has 3 aromatic rings. The second-order valence-electron chi connectivity index (χ2n) is 8.65. The number of thiazole rings is 1. The smallest absolute Gasteiger partial charge is 0.270 e. The van der Waals surface area contributed by atoms with E-state index in [1.165, 1.54) is 29.7 Å². The number of carbonyl (C=O) groups excluding carboxylic acids is 1. The van der Waals surface area contributed by atoms with E-state index in [4.69, 9.17) is 0 Å². The van der Waals surface area contributed by atoms with E-state index >= 15 is 0 Å². The van der Waals surface area contributed by atoms with Crippen LogP contribution < -0.4 is 10.2 Å². The van der Waals surface area contributed by atoms with E-state index < -0.39 is 0 Å². The van der Waals surface area contributed by atoms with Crippen LogP contribution in [0.5, 0.6) is 0 Å². The van der Waals surface area contributed by atoms with Crippen LogP contribution in [-0.4, -0.2) is 53.0 Å². The van der Waals surface area contributed by atoms with Crippen molar-refractivity contribution >= 4 is 23.1 Å². The second-order valence-corrected chi connectivity index (χ2v) is 9.50. The molecule has 0 saturated carbocycles. The first kappa shape index (κ1) is 21.1. The minimum Gasteiger partial charge on any atom is -0.357 e. The van der Waals surface area contributed by atoms with E-state index in [0.29, 0.717) is 5.69 Å². The van der Waals surface area contributed by atoms with E-state index in [1.807, 2.05) is 11.6 Å². The highest BCUT2D eigenvalue weighted by Crippen LogP contribution is 2.26. The van der Waals surface area contributed by atoms with Crippen molar-refractivity contribution in [1.29, 1.82) is 0 Å². The van der Waals surface area contributed by atoms with Gasteiger partial charge in [0.05, 0.1) is 0 Å². The van der Waals surface area contributed by atoms with Gasteiger partial charge in [0.2, 0.25) is 0 Å². The predicted molar refractivity (Wildman–Crippen MR) is 129 cm³/mol. The van der Waals surface area contributed by atoms with Gasteiger partial charge in [-0.2, -0.15) is 0 Å². The summed E-state index contributed by atoms with van der Waals surface area (Å²) in [5.41, 5.74) is 2.81. The molecule has 1 amide bonds. The number of piperidine rings is 1. The van der Waals surface area contributed by atoms with Gasteiger partial charge in [0, 0.05) is 55.9 Å². The van der Waals surface area contributed by atoms with Crippen LogP contribution in [0.2, 0.25) is 0 Å². The van der Waals surface area contributed by atoms with Gasteiger partial charge in [0.15, 0.2) is 0 Å². The van der Waals surface area contributed by atoms with Crippen LogP contribution in [0.25, 0.3) is 10.6 Å². The third kappa shape index (κ3) is 5.00. The molecule has 0 spiro atoms. The van der Waals surface area contributed by atoms with Crippen LogP contribution in [0, 0.1) is 0 Å². The van der Waals surface area contributed by atoms with Crippen molar-refractivity contribution in [1.82, 2.24) is 20.2 Å². The fourth-order valence-corrected chi connectivity index (χ4v) is 5.28. The molecule has 0 bridgehead atoms. The van der Waals surface area contributed by atoms with Crippen LogP contribution in [0.3, 0.4) is 0 Å². The number of benzene rings is 1. The summed E-state index contributed by atoms with van der Waals surface area (Å²) in [5.74, 6) is 0.954. The molecule has 0 radical (unpaired) electrons. The number of nitrogens with one attached hydrogen (secondary N) is 1. The summed E-state index contributed by atoms with van der Waals surface area (Å²) >= 11 is 1.50. The maximum Gasteiger partial charge on any atom is 0.270 e. The fraction of sp³-hybridized carbons (Fsp3) is 0.400. The Balaban J connectivity index is 1.13. The summed E-state index contributed by atoms with van der Waals surface area (Å²) in [4.78, 5) is 26.7. The zero-order valence-corrected chi connectivity index (χ0v) is 19.1. The van der Waals surface area contributed by atoms with Crippen molar-refractivity contribution in [2.75, 3.05) is 31.1 Å². The van der Waals surface area contributed by atoms with Crippen LogP contribution >= 0.6 is 11.3 Å². The van der Waals surface area contributed by atoms with Crippen molar-refractivity contribution in [3.63, 3.8) is 0 Å². The maximum absolute atomic E-state index is 12.8. The van der Waals surface area contributed by atoms with Crippen molar-refractivity contribution in [2.24, 2.45) is 0 Å². The Morgan fingerprint density at radius 1 is 1.03 bits per heavy atom. The molecule has 0 atom stereocenters. The van der Waals surface area contributed by atoms with Gasteiger partial charge in [0.25, 0.3) is 5.91 Å². The zero-order chi connectivity index (χ0) is 21.8. The molecule has 1 aromatic carbocycles. The lowest BCUT2D eigenvalue weighted by Crippen LogP contribution is -2.44. The highest BCUT2D eigenvalue weighted by molar-refractivity contribution is 7.13. The van der Waals surface area contributed by atoms with Crippen LogP contribution in [0.4, 0.5) is 5.82 Å². The molecule has 6 nitrogen and oxygen atoms in total. The minimum atomic E-state index is -0.0735. The number of amides is 1. The Kier molecular flexibility index (Phi) is 6.46. The van der Waals surface area contributed by atoms with Gasteiger partial charge >= 0.3 is 0 Å². The maximum atomic E-state index is 12.8. The molecule has 32 heavy (non-hydrogen) atoms. The quantitative estimate of drug-likeness (QED) is 0.614. The van der Waals surface area contributed by atoms with Crippen molar-refractivity contribution < 1.29 is 4.79 Å². The predicted octanol–water partition coefficient (Wildman–Crippen LogP) is 4.20. The number of hydrogen-bond donors (Lipinski definition) is 1. The average molecular weight is 448 g/mol. The second kappa shape index (κ2) is 9.79. The summed E-state index contributed by atoms with van der Waals surface area (Å²) in [6.45, 7) is 5.13. The number of anilines is 1. The van der Waals surface area contributed by atoms with E-state index in [-0.39, 0.29) is 11.9 Å². The number of pyridine rings is 1. The Labute approximate surface area is 193 Å². The van der Waals surface area contributed by atoms with Gasteiger partial charge in [0.1, 0.15) is 16.5 Å². The standard InChI is InChI=1S/C25H29N5OS/c31-24(27-21-10-14-29(15-11-21)17-19-6-2-1-3-7-19)22-18-32-25(28-22)20-8-9-23(26-16-20)30-12-4-5-13-30/h1-3,6-9,16,18,21H,4-5,10-15,17H2,(H,27,31). The van der Waals surface area contributed by atoms with Crippen LogP contribution in [-0.2, 0) is 6.54 Å². The van der Waals surface area contributed by atoms with Crippen molar-refractivity contribution in [3.05, 3.63) is 65.3 Å². The Morgan fingerprint density at radius 3 is 2.53 bits per heavy atom. The Morgan fingerprint density at radius 2 is 1.81 bits per heavy atom. The van der Waals surface area contributed by atoms with E-state index in [9.17, 15) is 4.79 Å². The van der Waals surface area contributed by atoms with Gasteiger partial charge in [-0.25, -0.2) is 9.97 Å². The first-order chi connectivity index (χ1) is 15.7. The lowest BCUT2D eigenvalue weighted by molar-refractivity contribution is 0.0904. The Bertz CT molecular complexity index is 1020. The SMILES string of the molecule is O=C(NC1CCN(Cc2ccccc2)CC1)c1csc(-c2ccc(N3CCCC3)nc2)n1. The number of rotatable bonds is 6. The molecule has 2 fully saturated rings. The molecule has 166 valence electrons. The topological polar surface area (TPSA) is 61.4 Å². The number of nitrogens with zero attached hydrogens (tertiary/aromatic N) is 4. The van der Waals surface area contributed by atoms with E-state index in [2.05, 4.69) is 67.5 Å². The monoisotopic (exact) mass is 447 g/mol. The molecule has 2 aliphatic heterocycles. The van der Waals surface area contributed by atoms with Crippen molar-refractivity contribution in [3.8, 4) is 10.6 Å². The summed E-state index contributed by atoms with van der Waals surface area (Å²) < 4.78 is 0. The molecule has 2 aromatic heterocycles. The fourth-order valence-electron chi connectivity index (χ4n) is 4.49. The highest BCUT2D eigenvalue weighted by atomic mass is 32.1. The number of likely N-dealkylation sites (tertiary alicyclic amines) is 1. The molecule has 4 heterocycles. The van der Waals surface area contributed by atoms with Crippen LogP contribution in [0.1, 0.15) is 41.7 Å². The van der Waals surface area contributed by atoms with Gasteiger partial charge in [-0.1, -0.05) is 30.3 Å². The van der Waals surface area contributed by atoms with E-state index in [1.54, 1.807) is 0 Å². The van der Waals surface area contributed by atoms with E-state index in [0.717, 1.165) is 62.0 Å². The lowest BCUT2D eigenvalue weighted by atomic mass is 10.0. The van der Waals surface area contributed by atoms with Gasteiger partial charge in [-0.3, -0.25) is 9.69 Å². The molecule has 1 N–H and O–H groups in total. The molecule has 2 aliphatic rings. The summed E-state index contributed by atoms with van der Waals surface area (Å²) in [7, 11) is 0. The summed E-state index contributed by atoms with van der Waals surface area (Å²) in [5, 5.41) is 5.88. The normalized spacial score (nSPS) is 17.6. The highest BCUT2D eigenvalue weighted by Gasteiger charge is 2.22. The molecular formula is C25H29N5OS. The largest absolute Gasteiger partial charge is 0.357 e. The number of carbonyl (C=O) groups is 1. The molecule has 2 saturated heterocycles. The average Bonchev–Trinajstić information content (AvgIpc) is 3.54. The first-order valence-electron chi connectivity index (χ1n) is 11.5. The van der Waals surface area contributed by atoms with Gasteiger partial charge in [-0.15, -0.1) is 11.3 Å². The Hall–Kier alpha value is -2.77. The lowest BCUT2D eigenvalue weighted by Gasteiger charge is -2.32.